The van der Waals surface area contributed by atoms with E-state index in [1.165, 1.54) is 35.2 Å². The minimum Gasteiger partial charge on any atom is -0.503 e. The number of rotatable bonds is 5. The van der Waals surface area contributed by atoms with Crippen molar-refractivity contribution in [3.05, 3.63) is 107 Å². The van der Waals surface area contributed by atoms with Gasteiger partial charge in [-0.3, -0.25) is 4.79 Å². The molecule has 1 atom stereocenters. The van der Waals surface area contributed by atoms with Gasteiger partial charge in [0.05, 0.1) is 13.2 Å². The molecule has 0 aromatic heterocycles. The van der Waals surface area contributed by atoms with Crippen LogP contribution in [0.4, 0.5) is 8.78 Å². The largest absolute Gasteiger partial charge is 0.503 e. The van der Waals surface area contributed by atoms with Crippen LogP contribution < -0.4 is 4.74 Å². The molecular weight excluding hydrogens is 388 g/mol. The lowest BCUT2D eigenvalue weighted by molar-refractivity contribution is -0.130. The van der Waals surface area contributed by atoms with Gasteiger partial charge in [-0.1, -0.05) is 42.5 Å². The van der Waals surface area contributed by atoms with Crippen molar-refractivity contribution in [2.24, 2.45) is 0 Å². The second-order valence-electron chi connectivity index (χ2n) is 6.97. The van der Waals surface area contributed by atoms with Crippen LogP contribution in [-0.4, -0.2) is 23.0 Å². The van der Waals surface area contributed by atoms with Crippen molar-refractivity contribution < 1.29 is 23.4 Å². The zero-order chi connectivity index (χ0) is 21.3. The normalized spacial score (nSPS) is 16.3. The Morgan fingerprint density at radius 1 is 0.967 bits per heavy atom. The highest BCUT2D eigenvalue weighted by Crippen LogP contribution is 2.44. The van der Waals surface area contributed by atoms with Gasteiger partial charge in [0, 0.05) is 17.7 Å². The molecule has 6 heteroatoms. The van der Waals surface area contributed by atoms with Gasteiger partial charge in [0.15, 0.2) is 5.76 Å². The summed E-state index contributed by atoms with van der Waals surface area (Å²) in [5.74, 6) is -1.35. The van der Waals surface area contributed by atoms with Crippen LogP contribution in [0.1, 0.15) is 22.7 Å². The number of nitrogens with zero attached hydrogens (tertiary/aromatic N) is 1. The van der Waals surface area contributed by atoms with Crippen LogP contribution in [-0.2, 0) is 11.3 Å². The standard InChI is InChI=1S/C24H19F2NO3/c1-30-18-12-6-15(7-13-18)14-27-22(19-4-2-3-5-20(19)26)21(23(28)24(27)29)16-8-10-17(25)11-9-16/h2-13,22,28H,14H2,1H3/t22-/m1/s1. The highest BCUT2D eigenvalue weighted by molar-refractivity contribution is 6.05. The van der Waals surface area contributed by atoms with Crippen LogP contribution in [0.2, 0.25) is 0 Å². The zero-order valence-corrected chi connectivity index (χ0v) is 16.2. The summed E-state index contributed by atoms with van der Waals surface area (Å²) in [5.41, 5.74) is 1.74. The molecule has 0 radical (unpaired) electrons. The first-order valence-electron chi connectivity index (χ1n) is 9.37. The summed E-state index contributed by atoms with van der Waals surface area (Å²) in [4.78, 5) is 14.4. The van der Waals surface area contributed by atoms with E-state index < -0.39 is 29.3 Å². The van der Waals surface area contributed by atoms with E-state index in [-0.39, 0.29) is 17.7 Å². The number of hydrogen-bond acceptors (Lipinski definition) is 3. The molecule has 1 heterocycles. The van der Waals surface area contributed by atoms with Gasteiger partial charge < -0.3 is 14.7 Å². The van der Waals surface area contributed by atoms with Gasteiger partial charge in [-0.25, -0.2) is 8.78 Å². The molecule has 1 N–H and O–H groups in total. The number of halogens is 2. The van der Waals surface area contributed by atoms with E-state index >= 15 is 0 Å². The monoisotopic (exact) mass is 407 g/mol. The Hall–Kier alpha value is -3.67. The number of aliphatic hydroxyl groups excluding tert-OH is 1. The molecule has 0 unspecified atom stereocenters. The SMILES string of the molecule is COc1ccc(CN2C(=O)C(O)=C(c3ccc(F)cc3)[C@H]2c2ccccc2F)cc1. The van der Waals surface area contributed by atoms with E-state index in [9.17, 15) is 18.7 Å². The average Bonchev–Trinajstić information content (AvgIpc) is 3.00. The molecule has 0 spiro atoms. The van der Waals surface area contributed by atoms with Gasteiger partial charge in [-0.2, -0.15) is 0 Å². The van der Waals surface area contributed by atoms with Crippen molar-refractivity contribution in [1.82, 2.24) is 4.90 Å². The lowest BCUT2D eigenvalue weighted by atomic mass is 9.93. The van der Waals surface area contributed by atoms with Gasteiger partial charge in [-0.15, -0.1) is 0 Å². The third kappa shape index (κ3) is 3.52. The second-order valence-corrected chi connectivity index (χ2v) is 6.97. The summed E-state index contributed by atoms with van der Waals surface area (Å²) in [6, 6.07) is 17.8. The number of carbonyl (C=O) groups is 1. The molecule has 1 aliphatic heterocycles. The number of benzene rings is 3. The molecule has 3 aromatic carbocycles. The van der Waals surface area contributed by atoms with Crippen molar-refractivity contribution in [3.63, 3.8) is 0 Å². The molecule has 0 saturated heterocycles. The Morgan fingerprint density at radius 3 is 2.27 bits per heavy atom. The Balaban J connectivity index is 1.80. The second kappa shape index (κ2) is 7.99. The van der Waals surface area contributed by atoms with Crippen LogP contribution in [0.25, 0.3) is 5.57 Å². The van der Waals surface area contributed by atoms with E-state index in [0.717, 1.165) is 5.56 Å². The van der Waals surface area contributed by atoms with Gasteiger partial charge in [0.1, 0.15) is 17.4 Å². The molecule has 3 aromatic rings. The maximum atomic E-state index is 14.7. The molecule has 4 rings (SSSR count). The average molecular weight is 407 g/mol. The maximum Gasteiger partial charge on any atom is 0.290 e. The van der Waals surface area contributed by atoms with Gasteiger partial charge >= 0.3 is 0 Å². The Bertz CT molecular complexity index is 1110. The van der Waals surface area contributed by atoms with Crippen LogP contribution in [0.3, 0.4) is 0 Å². The van der Waals surface area contributed by atoms with Gasteiger partial charge in [0.2, 0.25) is 0 Å². The van der Waals surface area contributed by atoms with Crippen LogP contribution in [0.15, 0.2) is 78.6 Å². The summed E-state index contributed by atoms with van der Waals surface area (Å²) in [6.45, 7) is 0.149. The molecular formula is C24H19F2NO3. The first-order chi connectivity index (χ1) is 14.5. The number of methoxy groups -OCH3 is 1. The maximum absolute atomic E-state index is 14.7. The fourth-order valence-corrected chi connectivity index (χ4v) is 3.69. The molecule has 0 fully saturated rings. The third-order valence-corrected chi connectivity index (χ3v) is 5.17. The molecule has 0 bridgehead atoms. The number of aliphatic hydroxyl groups is 1. The topological polar surface area (TPSA) is 49.8 Å². The van der Waals surface area contributed by atoms with Crippen molar-refractivity contribution in [3.8, 4) is 5.75 Å². The molecule has 1 amide bonds. The smallest absolute Gasteiger partial charge is 0.290 e. The molecule has 30 heavy (non-hydrogen) atoms. The first kappa shape index (κ1) is 19.6. The van der Waals surface area contributed by atoms with Crippen LogP contribution in [0, 0.1) is 11.6 Å². The van der Waals surface area contributed by atoms with E-state index in [0.29, 0.717) is 11.3 Å². The summed E-state index contributed by atoms with van der Waals surface area (Å²) < 4.78 is 33.3. The van der Waals surface area contributed by atoms with E-state index in [1.807, 2.05) is 0 Å². The van der Waals surface area contributed by atoms with Gasteiger partial charge in [0.25, 0.3) is 5.91 Å². The summed E-state index contributed by atoms with van der Waals surface area (Å²) in [5, 5.41) is 10.7. The predicted octanol–water partition coefficient (Wildman–Crippen LogP) is 5.03. The number of hydrogen-bond donors (Lipinski definition) is 1. The lowest BCUT2D eigenvalue weighted by Gasteiger charge is -2.28. The fraction of sp³-hybridized carbons (Fsp3) is 0.125. The molecule has 152 valence electrons. The first-order valence-corrected chi connectivity index (χ1v) is 9.37. The molecule has 1 aliphatic rings. The van der Waals surface area contributed by atoms with Crippen molar-refractivity contribution in [2.45, 2.75) is 12.6 Å². The fourth-order valence-electron chi connectivity index (χ4n) is 3.69. The minimum atomic E-state index is -0.855. The highest BCUT2D eigenvalue weighted by Gasteiger charge is 2.42. The zero-order valence-electron chi connectivity index (χ0n) is 16.2. The molecule has 0 aliphatic carbocycles. The molecule has 4 nitrogen and oxygen atoms in total. The van der Waals surface area contributed by atoms with E-state index in [2.05, 4.69) is 0 Å². The minimum absolute atomic E-state index is 0.149. The van der Waals surface area contributed by atoms with Crippen molar-refractivity contribution in [1.29, 1.82) is 0 Å². The Morgan fingerprint density at radius 2 is 1.63 bits per heavy atom. The number of carbonyl (C=O) groups excluding carboxylic acids is 1. The number of ether oxygens (including phenoxy) is 1. The van der Waals surface area contributed by atoms with E-state index in [1.54, 1.807) is 49.6 Å². The van der Waals surface area contributed by atoms with Crippen LogP contribution >= 0.6 is 0 Å². The predicted molar refractivity (Wildman–Crippen MR) is 109 cm³/mol. The summed E-state index contributed by atoms with van der Waals surface area (Å²) in [6.07, 6.45) is 0. The third-order valence-electron chi connectivity index (χ3n) is 5.17. The summed E-state index contributed by atoms with van der Waals surface area (Å²) >= 11 is 0. The lowest BCUT2D eigenvalue weighted by Crippen LogP contribution is -2.30. The molecule has 0 saturated carbocycles. The quantitative estimate of drug-likeness (QED) is 0.646. The Labute approximate surface area is 172 Å². The van der Waals surface area contributed by atoms with Crippen molar-refractivity contribution >= 4 is 11.5 Å². The van der Waals surface area contributed by atoms with Crippen molar-refractivity contribution in [2.75, 3.05) is 7.11 Å². The number of amides is 1. The Kier molecular flexibility index (Phi) is 5.23. The van der Waals surface area contributed by atoms with Crippen LogP contribution in [0.5, 0.6) is 5.75 Å². The van der Waals surface area contributed by atoms with Gasteiger partial charge in [-0.05, 0) is 41.5 Å². The summed E-state index contributed by atoms with van der Waals surface area (Å²) in [7, 11) is 1.56. The highest BCUT2D eigenvalue weighted by atomic mass is 19.1. The van der Waals surface area contributed by atoms with E-state index in [4.69, 9.17) is 4.74 Å².